The normalized spacial score (nSPS) is 17.8. The van der Waals surface area contributed by atoms with Crippen molar-refractivity contribution in [3.63, 3.8) is 0 Å². The van der Waals surface area contributed by atoms with Gasteiger partial charge < -0.3 is 29.3 Å². The lowest BCUT2D eigenvalue weighted by Crippen LogP contribution is -2.29. The fourth-order valence-corrected chi connectivity index (χ4v) is 6.93. The largest absolute Gasteiger partial charge is 0.472 e. The zero-order valence-corrected chi connectivity index (χ0v) is 35.9. The molecule has 3 unspecified atom stereocenters. The smallest absolute Gasteiger partial charge is 0.462 e. The highest BCUT2D eigenvalue weighted by Gasteiger charge is 2.36. The summed E-state index contributed by atoms with van der Waals surface area (Å²) in [6, 6.07) is 0. The lowest BCUT2D eigenvalue weighted by atomic mass is 10.0. The molecule has 1 saturated heterocycles. The van der Waals surface area contributed by atoms with Gasteiger partial charge in [0.05, 0.1) is 32.0 Å². The summed E-state index contributed by atoms with van der Waals surface area (Å²) in [4.78, 5) is 35.0. The van der Waals surface area contributed by atoms with Gasteiger partial charge >= 0.3 is 19.8 Å². The topological polar surface area (TPSA) is 161 Å². The molecule has 0 aliphatic carbocycles. The molecule has 5 atom stereocenters. The molecule has 11 nitrogen and oxygen atoms in total. The van der Waals surface area contributed by atoms with Crippen molar-refractivity contribution in [3.05, 3.63) is 36.5 Å². The Morgan fingerprint density at radius 3 is 1.71 bits per heavy atom. The number of rotatable bonds is 40. The third-order valence-corrected chi connectivity index (χ3v) is 10.7. The van der Waals surface area contributed by atoms with E-state index in [2.05, 4.69) is 48.8 Å². The predicted molar refractivity (Wildman–Crippen MR) is 223 cm³/mol. The maximum Gasteiger partial charge on any atom is 0.472 e. The number of phosphoric ester groups is 1. The second-order valence-electron chi connectivity index (χ2n) is 15.1. The Balaban J connectivity index is 2.29. The Morgan fingerprint density at radius 2 is 1.11 bits per heavy atom. The highest BCUT2D eigenvalue weighted by Crippen LogP contribution is 2.43. The number of unbranched alkanes of at least 4 members (excludes halogenated alkanes) is 18. The molecule has 0 bridgehead atoms. The predicted octanol–water partition coefficient (Wildman–Crippen LogP) is 10.5. The molecular weight excluding hydrogens is 735 g/mol. The molecule has 1 fully saturated rings. The molecule has 1 aliphatic heterocycles. The number of hydrogen-bond acceptors (Lipinski definition) is 10. The van der Waals surface area contributed by atoms with Crippen molar-refractivity contribution in [2.45, 2.75) is 205 Å². The van der Waals surface area contributed by atoms with E-state index in [0.717, 1.165) is 44.9 Å². The third-order valence-electron chi connectivity index (χ3n) is 9.70. The van der Waals surface area contributed by atoms with Crippen molar-refractivity contribution in [3.8, 4) is 0 Å². The van der Waals surface area contributed by atoms with Gasteiger partial charge in [0.15, 0.2) is 6.10 Å². The number of ether oxygens (including phenoxy) is 3. The molecule has 0 spiro atoms. The fourth-order valence-electron chi connectivity index (χ4n) is 6.14. The van der Waals surface area contributed by atoms with Gasteiger partial charge in [-0.1, -0.05) is 153 Å². The van der Waals surface area contributed by atoms with Gasteiger partial charge in [0.1, 0.15) is 12.7 Å². The van der Waals surface area contributed by atoms with Crippen molar-refractivity contribution >= 4 is 19.8 Å². The molecule has 326 valence electrons. The first-order valence-corrected chi connectivity index (χ1v) is 23.6. The Bertz CT molecular complexity index is 1090. The lowest BCUT2D eigenvalue weighted by Gasteiger charge is -2.20. The summed E-state index contributed by atoms with van der Waals surface area (Å²) >= 11 is 0. The molecule has 1 heterocycles. The molecule has 0 aromatic rings. The first-order chi connectivity index (χ1) is 27.2. The molecular formula is C44H79O11P. The molecule has 1 aliphatic rings. The number of aliphatic hydroxyl groups excluding tert-OH is 2. The third kappa shape index (κ3) is 33.2. The van der Waals surface area contributed by atoms with Crippen LogP contribution in [0.3, 0.4) is 0 Å². The van der Waals surface area contributed by atoms with Crippen LogP contribution in [-0.2, 0) is 37.4 Å². The molecule has 1 rings (SSSR count). The second kappa shape index (κ2) is 36.2. The number of aliphatic hydroxyl groups is 2. The summed E-state index contributed by atoms with van der Waals surface area (Å²) in [6.07, 6.45) is 38.5. The first kappa shape index (κ1) is 52.2. The summed E-state index contributed by atoms with van der Waals surface area (Å²) in [7, 11) is -4.63. The van der Waals surface area contributed by atoms with Crippen LogP contribution in [0.15, 0.2) is 36.5 Å². The van der Waals surface area contributed by atoms with Crippen molar-refractivity contribution in [2.24, 2.45) is 0 Å². The van der Waals surface area contributed by atoms with Crippen LogP contribution in [0.4, 0.5) is 0 Å². The minimum absolute atomic E-state index is 0.159. The van der Waals surface area contributed by atoms with Crippen LogP contribution in [-0.4, -0.2) is 77.9 Å². The lowest BCUT2D eigenvalue weighted by molar-refractivity contribution is -0.161. The summed E-state index contributed by atoms with van der Waals surface area (Å²) in [5, 5.41) is 18.3. The highest BCUT2D eigenvalue weighted by atomic mass is 31.2. The zero-order chi connectivity index (χ0) is 41.0. The van der Waals surface area contributed by atoms with Gasteiger partial charge in [-0.3, -0.25) is 18.6 Å². The highest BCUT2D eigenvalue weighted by molar-refractivity contribution is 7.47. The van der Waals surface area contributed by atoms with E-state index in [-0.39, 0.29) is 31.7 Å². The van der Waals surface area contributed by atoms with Gasteiger partial charge in [0.2, 0.25) is 0 Å². The Morgan fingerprint density at radius 1 is 0.625 bits per heavy atom. The number of phosphoric acid groups is 1. The average Bonchev–Trinajstić information content (AvgIpc) is 3.94. The quantitative estimate of drug-likeness (QED) is 0.0177. The number of carbonyl (C=O) groups is 2. The van der Waals surface area contributed by atoms with Gasteiger partial charge in [-0.25, -0.2) is 4.57 Å². The molecule has 56 heavy (non-hydrogen) atoms. The minimum Gasteiger partial charge on any atom is -0.462 e. The van der Waals surface area contributed by atoms with Crippen molar-refractivity contribution in [1.82, 2.24) is 0 Å². The molecule has 3 N–H and O–H groups in total. The van der Waals surface area contributed by atoms with Gasteiger partial charge in [-0.15, -0.1) is 0 Å². The van der Waals surface area contributed by atoms with Crippen LogP contribution in [0.2, 0.25) is 0 Å². The summed E-state index contributed by atoms with van der Waals surface area (Å²) < 4.78 is 38.4. The molecule has 0 amide bonds. The standard InChI is InChI=1S/C44H79O11P/c1-3-5-7-9-11-13-14-15-16-17-18-20-22-24-30-34-44(48)54-40(38-53-56(49,50)52-36-39(46)35-45)37-51-43(47)33-29-26-25-28-32-42-41(55-42)31-27-23-21-19-12-10-8-6-4-2/h12,19,23,25,27-28,39-42,45-46H,3-11,13-18,20-22,24,26,29-38H2,1-2H3,(H,49,50)/b19-12-,27-23-,28-25-/t39-,40+,41?,42?/m0/s1. The van der Waals surface area contributed by atoms with Crippen LogP contribution in [0, 0.1) is 0 Å². The summed E-state index contributed by atoms with van der Waals surface area (Å²) in [5.74, 6) is -0.994. The maximum atomic E-state index is 12.6. The molecule has 0 aromatic heterocycles. The van der Waals surface area contributed by atoms with Crippen LogP contribution in [0.5, 0.6) is 0 Å². The van der Waals surface area contributed by atoms with Crippen molar-refractivity contribution in [1.29, 1.82) is 0 Å². The van der Waals surface area contributed by atoms with Gasteiger partial charge in [0, 0.05) is 12.8 Å². The average molecular weight is 815 g/mol. The van der Waals surface area contributed by atoms with E-state index in [0.29, 0.717) is 19.3 Å². The van der Waals surface area contributed by atoms with Gasteiger partial charge in [0.25, 0.3) is 0 Å². The van der Waals surface area contributed by atoms with E-state index in [1.54, 1.807) is 0 Å². The van der Waals surface area contributed by atoms with Crippen LogP contribution in [0.1, 0.15) is 181 Å². The Hall–Kier alpha value is -1.85. The SMILES string of the molecule is CCCCC/C=C\C/C=C\CC1OC1C/C=C\CCCC(=O)OC[C@H](COP(=O)(O)OC[C@@H](O)CO)OC(=O)CCCCCCCCCCCCCCCCC. The number of esters is 2. The Kier molecular flexibility index (Phi) is 33.8. The maximum absolute atomic E-state index is 12.6. The van der Waals surface area contributed by atoms with E-state index >= 15 is 0 Å². The Labute approximate surface area is 339 Å². The van der Waals surface area contributed by atoms with Crippen LogP contribution in [0.25, 0.3) is 0 Å². The van der Waals surface area contributed by atoms with Crippen LogP contribution < -0.4 is 0 Å². The van der Waals surface area contributed by atoms with E-state index in [9.17, 15) is 24.2 Å². The van der Waals surface area contributed by atoms with Gasteiger partial charge in [-0.05, 0) is 51.4 Å². The fraction of sp³-hybridized carbons (Fsp3) is 0.818. The number of epoxide rings is 1. The number of allylic oxidation sites excluding steroid dienone is 4. The summed E-state index contributed by atoms with van der Waals surface area (Å²) in [6.45, 7) is 2.28. The van der Waals surface area contributed by atoms with E-state index in [1.165, 1.54) is 89.9 Å². The van der Waals surface area contributed by atoms with E-state index in [1.807, 2.05) is 6.08 Å². The number of hydrogen-bond donors (Lipinski definition) is 3. The molecule has 0 aromatic carbocycles. The van der Waals surface area contributed by atoms with Crippen LogP contribution >= 0.6 is 7.82 Å². The number of carbonyl (C=O) groups excluding carboxylic acids is 2. The van der Waals surface area contributed by atoms with Crippen molar-refractivity contribution in [2.75, 3.05) is 26.4 Å². The monoisotopic (exact) mass is 815 g/mol. The summed E-state index contributed by atoms with van der Waals surface area (Å²) in [5.41, 5.74) is 0. The van der Waals surface area contributed by atoms with E-state index in [4.69, 9.17) is 23.8 Å². The minimum atomic E-state index is -4.63. The first-order valence-electron chi connectivity index (χ1n) is 22.1. The second-order valence-corrected chi connectivity index (χ2v) is 16.6. The molecule has 0 radical (unpaired) electrons. The zero-order valence-electron chi connectivity index (χ0n) is 35.0. The van der Waals surface area contributed by atoms with Gasteiger partial charge in [-0.2, -0.15) is 0 Å². The van der Waals surface area contributed by atoms with Crippen molar-refractivity contribution < 1.29 is 52.5 Å². The van der Waals surface area contributed by atoms with E-state index < -0.39 is 51.8 Å². The molecule has 0 saturated carbocycles. The molecule has 12 heteroatoms.